The van der Waals surface area contributed by atoms with E-state index in [1.807, 2.05) is 6.92 Å². The highest BCUT2D eigenvalue weighted by Gasteiger charge is 2.40. The Balaban J connectivity index is 1.64. The Labute approximate surface area is 158 Å². The predicted molar refractivity (Wildman–Crippen MR) is 98.4 cm³/mol. The predicted octanol–water partition coefficient (Wildman–Crippen LogP) is 2.67. The van der Waals surface area contributed by atoms with Gasteiger partial charge in [0.25, 0.3) is 5.91 Å². The minimum atomic E-state index is -0.623. The van der Waals surface area contributed by atoms with Crippen LogP contribution in [-0.4, -0.2) is 53.3 Å². The molecule has 2 amide bonds. The van der Waals surface area contributed by atoms with Crippen LogP contribution in [0.1, 0.15) is 43.0 Å². The van der Waals surface area contributed by atoms with Crippen molar-refractivity contribution in [1.82, 2.24) is 9.80 Å². The van der Waals surface area contributed by atoms with Crippen LogP contribution in [0.5, 0.6) is 0 Å². The van der Waals surface area contributed by atoms with Crippen LogP contribution in [0.3, 0.4) is 0 Å². The SMILES string of the molecule is CC1(N)CCCCC1C(=O)N1CCN(C(=O)c2c(F)cccc2Cl)CC1. The molecule has 0 bridgehead atoms. The zero-order valence-corrected chi connectivity index (χ0v) is 15.8. The van der Waals surface area contributed by atoms with E-state index in [1.165, 1.54) is 18.2 Å². The fourth-order valence-electron chi connectivity index (χ4n) is 3.97. The molecular formula is C19H25ClFN3O2. The van der Waals surface area contributed by atoms with Crippen LogP contribution in [0.25, 0.3) is 0 Å². The summed E-state index contributed by atoms with van der Waals surface area (Å²) in [6, 6.07) is 4.20. The summed E-state index contributed by atoms with van der Waals surface area (Å²) in [5.74, 6) is -1.14. The average molecular weight is 382 g/mol. The maximum absolute atomic E-state index is 14.0. The number of nitrogens with two attached hydrogens (primary N) is 1. The first kappa shape index (κ1) is 19.1. The van der Waals surface area contributed by atoms with Gasteiger partial charge in [-0.3, -0.25) is 9.59 Å². The number of hydrogen-bond donors (Lipinski definition) is 1. The number of carbonyl (C=O) groups is 2. The molecule has 2 unspecified atom stereocenters. The topological polar surface area (TPSA) is 66.6 Å². The van der Waals surface area contributed by atoms with Crippen molar-refractivity contribution in [2.75, 3.05) is 26.2 Å². The number of hydrogen-bond acceptors (Lipinski definition) is 3. The monoisotopic (exact) mass is 381 g/mol. The van der Waals surface area contributed by atoms with Crippen molar-refractivity contribution in [1.29, 1.82) is 0 Å². The number of carbonyl (C=O) groups excluding carboxylic acids is 2. The van der Waals surface area contributed by atoms with Crippen LogP contribution in [0.4, 0.5) is 4.39 Å². The molecule has 5 nitrogen and oxygen atoms in total. The number of rotatable bonds is 2. The number of halogens is 2. The molecule has 1 saturated heterocycles. The fraction of sp³-hybridized carbons (Fsp3) is 0.579. The number of amides is 2. The molecule has 1 heterocycles. The number of nitrogens with zero attached hydrogens (tertiary/aromatic N) is 2. The van der Waals surface area contributed by atoms with Gasteiger partial charge >= 0.3 is 0 Å². The summed E-state index contributed by atoms with van der Waals surface area (Å²) in [5.41, 5.74) is 5.78. The summed E-state index contributed by atoms with van der Waals surface area (Å²) in [7, 11) is 0. The second-order valence-corrected chi connectivity index (χ2v) is 7.93. The molecule has 142 valence electrons. The Bertz CT molecular complexity index is 682. The van der Waals surface area contributed by atoms with Crippen LogP contribution in [0.2, 0.25) is 5.02 Å². The van der Waals surface area contributed by atoms with Crippen molar-refractivity contribution in [3.8, 4) is 0 Å². The van der Waals surface area contributed by atoms with Gasteiger partial charge in [-0.25, -0.2) is 4.39 Å². The largest absolute Gasteiger partial charge is 0.339 e. The molecule has 2 aliphatic rings. The number of benzene rings is 1. The lowest BCUT2D eigenvalue weighted by Gasteiger charge is -2.42. The highest BCUT2D eigenvalue weighted by atomic mass is 35.5. The highest BCUT2D eigenvalue weighted by Crippen LogP contribution is 2.33. The summed E-state index contributed by atoms with van der Waals surface area (Å²) >= 11 is 5.99. The molecule has 1 aliphatic heterocycles. The third-order valence-electron chi connectivity index (χ3n) is 5.61. The Morgan fingerprint density at radius 2 is 1.85 bits per heavy atom. The molecule has 1 aliphatic carbocycles. The maximum atomic E-state index is 14.0. The average Bonchev–Trinajstić information content (AvgIpc) is 2.60. The summed E-state index contributed by atoms with van der Waals surface area (Å²) in [4.78, 5) is 28.8. The van der Waals surface area contributed by atoms with Crippen LogP contribution in [-0.2, 0) is 4.79 Å². The van der Waals surface area contributed by atoms with Gasteiger partial charge in [0, 0.05) is 31.7 Å². The normalized spacial score (nSPS) is 26.7. The minimum absolute atomic E-state index is 0.0747. The minimum Gasteiger partial charge on any atom is -0.339 e. The zero-order chi connectivity index (χ0) is 18.9. The summed E-state index contributed by atoms with van der Waals surface area (Å²) in [6.07, 6.45) is 3.75. The highest BCUT2D eigenvalue weighted by molar-refractivity contribution is 6.33. The summed E-state index contributed by atoms with van der Waals surface area (Å²) in [6.45, 7) is 3.55. The van der Waals surface area contributed by atoms with E-state index in [4.69, 9.17) is 17.3 Å². The van der Waals surface area contributed by atoms with Gasteiger partial charge in [-0.15, -0.1) is 0 Å². The molecule has 1 aromatic carbocycles. The van der Waals surface area contributed by atoms with E-state index >= 15 is 0 Å². The maximum Gasteiger partial charge on any atom is 0.258 e. The van der Waals surface area contributed by atoms with Gasteiger partial charge in [0.15, 0.2) is 0 Å². The first-order valence-electron chi connectivity index (χ1n) is 9.12. The summed E-state index contributed by atoms with van der Waals surface area (Å²) in [5, 5.41) is 0.106. The van der Waals surface area contributed by atoms with E-state index < -0.39 is 17.3 Å². The lowest BCUT2D eigenvalue weighted by atomic mass is 9.74. The van der Waals surface area contributed by atoms with Gasteiger partial charge in [0.2, 0.25) is 5.91 Å². The van der Waals surface area contributed by atoms with E-state index in [0.29, 0.717) is 26.2 Å². The second-order valence-electron chi connectivity index (χ2n) is 7.52. The smallest absolute Gasteiger partial charge is 0.258 e. The first-order chi connectivity index (χ1) is 12.3. The molecule has 7 heteroatoms. The van der Waals surface area contributed by atoms with Gasteiger partial charge in [-0.2, -0.15) is 0 Å². The molecule has 0 radical (unpaired) electrons. The molecule has 1 aromatic rings. The summed E-state index contributed by atoms with van der Waals surface area (Å²) < 4.78 is 14.0. The molecule has 2 fully saturated rings. The molecule has 26 heavy (non-hydrogen) atoms. The van der Waals surface area contributed by atoms with Crippen molar-refractivity contribution >= 4 is 23.4 Å². The van der Waals surface area contributed by atoms with Gasteiger partial charge in [-0.05, 0) is 31.9 Å². The quantitative estimate of drug-likeness (QED) is 0.856. The molecule has 2 atom stereocenters. The third kappa shape index (κ3) is 3.71. The lowest BCUT2D eigenvalue weighted by Crippen LogP contribution is -2.57. The Hall–Kier alpha value is -1.66. The van der Waals surface area contributed by atoms with E-state index in [1.54, 1.807) is 9.80 Å². The zero-order valence-electron chi connectivity index (χ0n) is 15.0. The Morgan fingerprint density at radius 1 is 1.19 bits per heavy atom. The second kappa shape index (κ2) is 7.53. The first-order valence-corrected chi connectivity index (χ1v) is 9.50. The van der Waals surface area contributed by atoms with Crippen molar-refractivity contribution in [2.24, 2.45) is 11.7 Å². The fourth-order valence-corrected chi connectivity index (χ4v) is 4.22. The molecule has 0 aromatic heterocycles. The van der Waals surface area contributed by atoms with Crippen LogP contribution in [0, 0.1) is 11.7 Å². The van der Waals surface area contributed by atoms with E-state index in [9.17, 15) is 14.0 Å². The van der Waals surface area contributed by atoms with Gasteiger partial charge in [-0.1, -0.05) is 30.5 Å². The van der Waals surface area contributed by atoms with Crippen LogP contribution < -0.4 is 5.73 Å². The molecule has 3 rings (SSSR count). The standard InChI is InChI=1S/C19H25ClFN3O2/c1-19(22)8-3-2-5-13(19)17(25)23-9-11-24(12-10-23)18(26)16-14(20)6-4-7-15(16)21/h4,6-7,13H,2-3,5,8-12,22H2,1H3. The number of piperazine rings is 1. The van der Waals surface area contributed by atoms with Crippen molar-refractivity contribution in [3.63, 3.8) is 0 Å². The van der Waals surface area contributed by atoms with E-state index in [-0.39, 0.29) is 22.4 Å². The molecule has 1 saturated carbocycles. The lowest BCUT2D eigenvalue weighted by molar-refractivity contribution is -0.140. The van der Waals surface area contributed by atoms with Crippen molar-refractivity contribution in [2.45, 2.75) is 38.1 Å². The molecule has 0 spiro atoms. The van der Waals surface area contributed by atoms with Gasteiger partial charge < -0.3 is 15.5 Å². The van der Waals surface area contributed by atoms with Crippen molar-refractivity contribution < 1.29 is 14.0 Å². The third-order valence-corrected chi connectivity index (χ3v) is 5.92. The molecule has 2 N–H and O–H groups in total. The van der Waals surface area contributed by atoms with Gasteiger partial charge in [0.1, 0.15) is 5.82 Å². The van der Waals surface area contributed by atoms with Crippen molar-refractivity contribution in [3.05, 3.63) is 34.6 Å². The van der Waals surface area contributed by atoms with Crippen LogP contribution in [0.15, 0.2) is 18.2 Å². The molecular weight excluding hydrogens is 357 g/mol. The van der Waals surface area contributed by atoms with E-state index in [2.05, 4.69) is 0 Å². The van der Waals surface area contributed by atoms with Crippen LogP contribution >= 0.6 is 11.6 Å². The van der Waals surface area contributed by atoms with E-state index in [0.717, 1.165) is 25.7 Å². The van der Waals surface area contributed by atoms with Gasteiger partial charge in [0.05, 0.1) is 16.5 Å². The Morgan fingerprint density at radius 3 is 2.46 bits per heavy atom. The Kier molecular flexibility index (Phi) is 5.53.